The van der Waals surface area contributed by atoms with Crippen LogP contribution < -0.4 is 0 Å². The van der Waals surface area contributed by atoms with Gasteiger partial charge in [0, 0.05) is 0 Å². The van der Waals surface area contributed by atoms with Crippen molar-refractivity contribution >= 4 is 5.97 Å². The van der Waals surface area contributed by atoms with Crippen molar-refractivity contribution in [1.29, 1.82) is 0 Å². The molecule has 3 unspecified atom stereocenters. The molecule has 0 spiro atoms. The first kappa shape index (κ1) is 15.5. The smallest absolute Gasteiger partial charge is 0.312 e. The largest absolute Gasteiger partial charge is 0.459 e. The Kier molecular flexibility index (Phi) is 4.85. The lowest BCUT2D eigenvalue weighted by atomic mass is 9.84. The lowest BCUT2D eigenvalue weighted by Gasteiger charge is -2.36. The standard InChI is InChI=1S/C14H24O2.C2H6/c1-5-13(2,3)12(15)16-14(4)9-10-6-7-11(14)8-10;1-2/h10-11H,5-9H2,1-4H3;1-2H3. The Balaban J connectivity index is 0.000000771. The molecule has 0 N–H and O–H groups in total. The van der Waals surface area contributed by atoms with E-state index in [4.69, 9.17) is 4.74 Å². The third-order valence-electron chi connectivity index (χ3n) is 4.86. The number of carbonyl (C=O) groups is 1. The summed E-state index contributed by atoms with van der Waals surface area (Å²) in [6, 6.07) is 0. The van der Waals surface area contributed by atoms with Crippen molar-refractivity contribution in [1.82, 2.24) is 0 Å². The van der Waals surface area contributed by atoms with Crippen LogP contribution in [0, 0.1) is 17.3 Å². The molecular weight excluding hydrogens is 224 g/mol. The van der Waals surface area contributed by atoms with Crippen LogP contribution in [0.25, 0.3) is 0 Å². The Morgan fingerprint density at radius 3 is 2.33 bits per heavy atom. The second-order valence-corrected chi connectivity index (χ2v) is 6.52. The van der Waals surface area contributed by atoms with Crippen LogP contribution in [0.1, 0.15) is 73.6 Å². The van der Waals surface area contributed by atoms with E-state index in [0.29, 0.717) is 5.92 Å². The molecular formula is C16H30O2. The first-order valence-electron chi connectivity index (χ1n) is 7.61. The zero-order chi connectivity index (χ0) is 14.0. The molecule has 0 aromatic carbocycles. The first-order chi connectivity index (χ1) is 8.37. The fraction of sp³-hybridized carbons (Fsp3) is 0.938. The van der Waals surface area contributed by atoms with Crippen LogP contribution in [-0.4, -0.2) is 11.6 Å². The number of ether oxygens (including phenoxy) is 1. The Bertz CT molecular complexity index is 295. The van der Waals surface area contributed by atoms with Crippen LogP contribution in [0.3, 0.4) is 0 Å². The molecule has 0 radical (unpaired) electrons. The van der Waals surface area contributed by atoms with Gasteiger partial charge in [-0.25, -0.2) is 0 Å². The van der Waals surface area contributed by atoms with Crippen molar-refractivity contribution in [2.45, 2.75) is 79.2 Å². The highest BCUT2D eigenvalue weighted by Gasteiger charge is 2.51. The van der Waals surface area contributed by atoms with Gasteiger partial charge in [0.1, 0.15) is 5.60 Å². The molecule has 0 heterocycles. The molecule has 2 bridgehead atoms. The van der Waals surface area contributed by atoms with Crippen LogP contribution in [0.2, 0.25) is 0 Å². The molecule has 0 aliphatic heterocycles. The quantitative estimate of drug-likeness (QED) is 0.690. The minimum absolute atomic E-state index is 0.00921. The highest BCUT2D eigenvalue weighted by atomic mass is 16.6. The zero-order valence-electron chi connectivity index (χ0n) is 13.0. The summed E-state index contributed by atoms with van der Waals surface area (Å²) in [6.07, 6.45) is 5.80. The van der Waals surface area contributed by atoms with Crippen LogP contribution >= 0.6 is 0 Å². The molecule has 0 aromatic heterocycles. The highest BCUT2D eigenvalue weighted by Crippen LogP contribution is 2.52. The maximum Gasteiger partial charge on any atom is 0.312 e. The van der Waals surface area contributed by atoms with Crippen molar-refractivity contribution in [2.75, 3.05) is 0 Å². The van der Waals surface area contributed by atoms with E-state index in [1.165, 1.54) is 19.3 Å². The van der Waals surface area contributed by atoms with Gasteiger partial charge in [-0.3, -0.25) is 4.79 Å². The number of carbonyl (C=O) groups excluding carboxylic acids is 1. The Morgan fingerprint density at radius 1 is 1.33 bits per heavy atom. The topological polar surface area (TPSA) is 26.3 Å². The third-order valence-corrected chi connectivity index (χ3v) is 4.86. The van der Waals surface area contributed by atoms with Crippen LogP contribution in [-0.2, 0) is 9.53 Å². The number of hydrogen-bond acceptors (Lipinski definition) is 2. The summed E-state index contributed by atoms with van der Waals surface area (Å²) in [5.41, 5.74) is -0.489. The van der Waals surface area contributed by atoms with Crippen molar-refractivity contribution in [3.05, 3.63) is 0 Å². The second-order valence-electron chi connectivity index (χ2n) is 6.52. The van der Waals surface area contributed by atoms with Gasteiger partial charge in [0.25, 0.3) is 0 Å². The lowest BCUT2D eigenvalue weighted by molar-refractivity contribution is -0.174. The lowest BCUT2D eigenvalue weighted by Crippen LogP contribution is -2.41. The highest BCUT2D eigenvalue weighted by molar-refractivity contribution is 5.76. The van der Waals surface area contributed by atoms with Gasteiger partial charge in [0.2, 0.25) is 0 Å². The molecule has 0 aromatic rings. The molecule has 2 aliphatic rings. The zero-order valence-corrected chi connectivity index (χ0v) is 13.0. The van der Waals surface area contributed by atoms with Crippen LogP contribution in [0.15, 0.2) is 0 Å². The third kappa shape index (κ3) is 2.89. The second kappa shape index (κ2) is 5.63. The van der Waals surface area contributed by atoms with E-state index < -0.39 is 0 Å². The van der Waals surface area contributed by atoms with Crippen molar-refractivity contribution < 1.29 is 9.53 Å². The van der Waals surface area contributed by atoms with Crippen molar-refractivity contribution in [2.24, 2.45) is 17.3 Å². The van der Waals surface area contributed by atoms with Gasteiger partial charge in [-0.15, -0.1) is 0 Å². The fourth-order valence-electron chi connectivity index (χ4n) is 3.17. The monoisotopic (exact) mass is 254 g/mol. The number of rotatable bonds is 3. The summed E-state index contributed by atoms with van der Waals surface area (Å²) < 4.78 is 5.85. The average Bonchev–Trinajstić information content (AvgIpc) is 2.91. The van der Waals surface area contributed by atoms with Gasteiger partial charge in [0.05, 0.1) is 5.41 Å². The molecule has 2 heteroatoms. The van der Waals surface area contributed by atoms with E-state index >= 15 is 0 Å². The predicted molar refractivity (Wildman–Crippen MR) is 75.4 cm³/mol. The molecule has 3 atom stereocenters. The molecule has 2 aliphatic carbocycles. The van der Waals surface area contributed by atoms with Crippen LogP contribution in [0.4, 0.5) is 0 Å². The maximum atomic E-state index is 12.1. The van der Waals surface area contributed by atoms with Crippen molar-refractivity contribution in [3.63, 3.8) is 0 Å². The summed E-state index contributed by atoms with van der Waals surface area (Å²) >= 11 is 0. The Labute approximate surface area is 112 Å². The van der Waals surface area contributed by atoms with E-state index in [1.54, 1.807) is 0 Å². The number of hydrogen-bond donors (Lipinski definition) is 0. The average molecular weight is 254 g/mol. The number of esters is 1. The molecule has 106 valence electrons. The van der Waals surface area contributed by atoms with Gasteiger partial charge in [-0.2, -0.15) is 0 Å². The molecule has 18 heavy (non-hydrogen) atoms. The Morgan fingerprint density at radius 2 is 1.94 bits per heavy atom. The maximum absolute atomic E-state index is 12.1. The van der Waals surface area contributed by atoms with Gasteiger partial charge in [0.15, 0.2) is 0 Å². The molecule has 2 nitrogen and oxygen atoms in total. The molecule has 2 fully saturated rings. The number of fused-ring (bicyclic) bond motifs is 2. The van der Waals surface area contributed by atoms with Gasteiger partial charge < -0.3 is 4.74 Å². The molecule has 0 amide bonds. The summed E-state index contributed by atoms with van der Waals surface area (Å²) in [7, 11) is 0. The molecule has 2 rings (SSSR count). The van der Waals surface area contributed by atoms with E-state index in [-0.39, 0.29) is 17.0 Å². The molecule has 0 saturated heterocycles. The van der Waals surface area contributed by atoms with Gasteiger partial charge in [-0.05, 0) is 64.7 Å². The Hall–Kier alpha value is -0.530. The first-order valence-corrected chi connectivity index (χ1v) is 7.61. The fourth-order valence-corrected chi connectivity index (χ4v) is 3.17. The van der Waals surface area contributed by atoms with Crippen LogP contribution in [0.5, 0.6) is 0 Å². The normalized spacial score (nSPS) is 33.9. The minimum Gasteiger partial charge on any atom is -0.459 e. The van der Waals surface area contributed by atoms with Gasteiger partial charge in [-0.1, -0.05) is 20.8 Å². The van der Waals surface area contributed by atoms with E-state index in [0.717, 1.165) is 18.8 Å². The van der Waals surface area contributed by atoms with E-state index in [2.05, 4.69) is 6.92 Å². The molecule has 2 saturated carbocycles. The van der Waals surface area contributed by atoms with Crippen molar-refractivity contribution in [3.8, 4) is 0 Å². The van der Waals surface area contributed by atoms with E-state index in [9.17, 15) is 4.79 Å². The van der Waals surface area contributed by atoms with E-state index in [1.807, 2.05) is 34.6 Å². The SMILES string of the molecule is CC.CCC(C)(C)C(=O)OC1(C)CC2CCC1C2. The summed E-state index contributed by atoms with van der Waals surface area (Å²) in [5.74, 6) is 1.42. The summed E-state index contributed by atoms with van der Waals surface area (Å²) in [6.45, 7) is 12.1. The summed E-state index contributed by atoms with van der Waals surface area (Å²) in [4.78, 5) is 12.1. The minimum atomic E-state index is -0.329. The summed E-state index contributed by atoms with van der Waals surface area (Å²) in [5, 5.41) is 0. The predicted octanol–water partition coefficient (Wildman–Crippen LogP) is 4.57. The van der Waals surface area contributed by atoms with Gasteiger partial charge >= 0.3 is 5.97 Å².